The van der Waals surface area contributed by atoms with E-state index in [-0.39, 0.29) is 40.5 Å². The van der Waals surface area contributed by atoms with Gasteiger partial charge in [-0.25, -0.2) is 8.42 Å². The van der Waals surface area contributed by atoms with Gasteiger partial charge in [0.1, 0.15) is 18.3 Å². The fourth-order valence-corrected chi connectivity index (χ4v) is 7.92. The van der Waals surface area contributed by atoms with Crippen LogP contribution < -0.4 is 14.4 Å². The van der Waals surface area contributed by atoms with E-state index in [9.17, 15) is 18.0 Å². The summed E-state index contributed by atoms with van der Waals surface area (Å²) in [5, 5.41) is 4.06. The molecule has 1 atom stereocenters. The van der Waals surface area contributed by atoms with Gasteiger partial charge in [0.25, 0.3) is 10.0 Å². The topological polar surface area (TPSA) is 96.0 Å². The number of anilines is 1. The van der Waals surface area contributed by atoms with Crippen molar-refractivity contribution in [2.45, 2.75) is 55.6 Å². The number of ether oxygens (including phenoxy) is 1. The molecular formula is C36H36Cl3N3O5S. The van der Waals surface area contributed by atoms with Crippen LogP contribution in [-0.4, -0.2) is 50.9 Å². The van der Waals surface area contributed by atoms with Crippen LogP contribution in [0.3, 0.4) is 0 Å². The molecule has 252 valence electrons. The minimum atomic E-state index is -4.32. The summed E-state index contributed by atoms with van der Waals surface area (Å²) in [7, 11) is -2.84. The van der Waals surface area contributed by atoms with Crippen molar-refractivity contribution in [3.05, 3.63) is 123 Å². The van der Waals surface area contributed by atoms with Crippen LogP contribution in [0.4, 0.5) is 5.69 Å². The van der Waals surface area contributed by atoms with Gasteiger partial charge in [-0.15, -0.1) is 0 Å². The molecule has 4 aromatic rings. The average Bonchev–Trinajstić information content (AvgIpc) is 3.59. The highest BCUT2D eigenvalue weighted by atomic mass is 35.5. The molecule has 1 aliphatic carbocycles. The van der Waals surface area contributed by atoms with Crippen LogP contribution >= 0.6 is 34.8 Å². The van der Waals surface area contributed by atoms with Crippen LogP contribution in [0.5, 0.6) is 5.75 Å². The Morgan fingerprint density at radius 3 is 2.15 bits per heavy atom. The maximum absolute atomic E-state index is 14.7. The number of methoxy groups -OCH3 is 1. The molecular weight excluding hydrogens is 693 g/mol. The van der Waals surface area contributed by atoms with Crippen LogP contribution in [0.2, 0.25) is 15.1 Å². The van der Waals surface area contributed by atoms with Crippen molar-refractivity contribution in [1.29, 1.82) is 0 Å². The number of nitrogens with one attached hydrogen (secondary N) is 1. The number of halogens is 3. The maximum Gasteiger partial charge on any atom is 0.264 e. The molecule has 1 fully saturated rings. The van der Waals surface area contributed by atoms with Crippen molar-refractivity contribution in [2.75, 3.05) is 18.0 Å². The molecule has 1 N–H and O–H groups in total. The van der Waals surface area contributed by atoms with E-state index in [4.69, 9.17) is 39.5 Å². The molecule has 5 rings (SSSR count). The number of benzene rings is 4. The lowest BCUT2D eigenvalue weighted by molar-refractivity contribution is -0.140. The van der Waals surface area contributed by atoms with Crippen molar-refractivity contribution in [1.82, 2.24) is 10.2 Å². The van der Waals surface area contributed by atoms with E-state index < -0.39 is 28.5 Å². The van der Waals surface area contributed by atoms with Crippen molar-refractivity contribution in [3.8, 4) is 5.75 Å². The Labute approximate surface area is 296 Å². The number of sulfonamides is 1. The third-order valence-electron chi connectivity index (χ3n) is 8.39. The summed E-state index contributed by atoms with van der Waals surface area (Å²) in [4.78, 5) is 30.2. The van der Waals surface area contributed by atoms with Crippen LogP contribution in [0.1, 0.15) is 36.8 Å². The van der Waals surface area contributed by atoms with Crippen LogP contribution in [0.25, 0.3) is 0 Å². The summed E-state index contributed by atoms with van der Waals surface area (Å²) in [5.41, 5.74) is 1.44. The Bertz CT molecular complexity index is 1820. The molecule has 0 saturated heterocycles. The summed E-state index contributed by atoms with van der Waals surface area (Å²) in [6.45, 7) is -0.780. The zero-order valence-corrected chi connectivity index (χ0v) is 29.4. The highest BCUT2D eigenvalue weighted by molar-refractivity contribution is 7.92. The molecule has 48 heavy (non-hydrogen) atoms. The van der Waals surface area contributed by atoms with Crippen molar-refractivity contribution < 1.29 is 22.7 Å². The lowest BCUT2D eigenvalue weighted by Crippen LogP contribution is -2.54. The molecule has 2 amide bonds. The van der Waals surface area contributed by atoms with Crippen molar-refractivity contribution >= 4 is 62.3 Å². The molecule has 1 saturated carbocycles. The monoisotopic (exact) mass is 727 g/mol. The van der Waals surface area contributed by atoms with Gasteiger partial charge in [-0.05, 0) is 73.0 Å². The predicted octanol–water partition coefficient (Wildman–Crippen LogP) is 7.55. The van der Waals surface area contributed by atoms with Gasteiger partial charge in [-0.1, -0.05) is 90.1 Å². The third kappa shape index (κ3) is 8.63. The van der Waals surface area contributed by atoms with Gasteiger partial charge >= 0.3 is 0 Å². The van der Waals surface area contributed by atoms with Gasteiger partial charge < -0.3 is 15.0 Å². The summed E-state index contributed by atoms with van der Waals surface area (Å²) in [6, 6.07) is 25.4. The van der Waals surface area contributed by atoms with Gasteiger partial charge in [0.15, 0.2) is 0 Å². The molecule has 1 aliphatic rings. The summed E-state index contributed by atoms with van der Waals surface area (Å²) in [6.07, 6.45) is 3.87. The van der Waals surface area contributed by atoms with E-state index in [1.54, 1.807) is 36.4 Å². The SMILES string of the molecule is COc1ccc(S(=O)(=O)N(CC(=O)N(Cc2c(Cl)cccc2Cl)C(Cc2ccccc2)C(=O)NC2CCCC2)c2cccc(Cl)c2)cc1. The Hall–Kier alpha value is -3.76. The molecule has 0 aliphatic heterocycles. The number of hydrogen-bond donors (Lipinski definition) is 1. The second kappa shape index (κ2) is 16.1. The number of nitrogens with zero attached hydrogens (tertiary/aromatic N) is 2. The van der Waals surface area contributed by atoms with Crippen LogP contribution in [-0.2, 0) is 32.6 Å². The number of hydrogen-bond acceptors (Lipinski definition) is 5. The van der Waals surface area contributed by atoms with Crippen molar-refractivity contribution in [2.24, 2.45) is 0 Å². The van der Waals surface area contributed by atoms with E-state index in [0.717, 1.165) is 35.6 Å². The van der Waals surface area contributed by atoms with Gasteiger partial charge in [0.05, 0.1) is 17.7 Å². The lowest BCUT2D eigenvalue weighted by Gasteiger charge is -2.34. The number of rotatable bonds is 13. The second-order valence-electron chi connectivity index (χ2n) is 11.6. The highest BCUT2D eigenvalue weighted by Crippen LogP contribution is 2.30. The first-order valence-electron chi connectivity index (χ1n) is 15.6. The predicted molar refractivity (Wildman–Crippen MR) is 190 cm³/mol. The Morgan fingerprint density at radius 2 is 1.52 bits per heavy atom. The van der Waals surface area contributed by atoms with Gasteiger partial charge in [0, 0.05) is 39.6 Å². The standard InChI is InChI=1S/C36H36Cl3N3O5S/c1-47-29-17-19-30(20-18-29)48(45,46)42(28-14-7-11-26(37)22-28)24-35(43)41(23-31-32(38)15-8-16-33(31)39)34(21-25-9-3-2-4-10-25)36(44)40-27-12-5-6-13-27/h2-4,7-11,14-20,22,27,34H,5-6,12-13,21,23-24H2,1H3,(H,40,44). The van der Waals surface area contributed by atoms with Crippen LogP contribution in [0, 0.1) is 0 Å². The molecule has 0 spiro atoms. The van der Waals surface area contributed by atoms with E-state index in [1.807, 2.05) is 30.3 Å². The maximum atomic E-state index is 14.7. The second-order valence-corrected chi connectivity index (χ2v) is 14.7. The van der Waals surface area contributed by atoms with E-state index in [2.05, 4.69) is 5.32 Å². The molecule has 1 unspecified atom stereocenters. The first-order valence-corrected chi connectivity index (χ1v) is 18.1. The first-order chi connectivity index (χ1) is 23.1. The molecule has 0 heterocycles. The third-order valence-corrected chi connectivity index (χ3v) is 11.1. The largest absolute Gasteiger partial charge is 0.497 e. The number of carbonyl (C=O) groups excluding carboxylic acids is 2. The van der Waals surface area contributed by atoms with Crippen molar-refractivity contribution in [3.63, 3.8) is 0 Å². The normalized spacial score (nSPS) is 13.9. The molecule has 8 nitrogen and oxygen atoms in total. The highest BCUT2D eigenvalue weighted by Gasteiger charge is 2.36. The van der Waals surface area contributed by atoms with Gasteiger partial charge in [-0.2, -0.15) is 0 Å². The molecule has 0 bridgehead atoms. The first kappa shape index (κ1) is 35.5. The minimum Gasteiger partial charge on any atom is -0.497 e. The van der Waals surface area contributed by atoms with E-state index >= 15 is 0 Å². The van der Waals surface area contributed by atoms with Gasteiger partial charge in [-0.3, -0.25) is 13.9 Å². The molecule has 12 heteroatoms. The van der Waals surface area contributed by atoms with Crippen LogP contribution in [0.15, 0.2) is 102 Å². The fourth-order valence-electron chi connectivity index (χ4n) is 5.81. The lowest BCUT2D eigenvalue weighted by atomic mass is 10.0. The van der Waals surface area contributed by atoms with Gasteiger partial charge in [0.2, 0.25) is 11.8 Å². The smallest absolute Gasteiger partial charge is 0.264 e. The zero-order valence-electron chi connectivity index (χ0n) is 26.3. The molecule has 4 aromatic carbocycles. The summed E-state index contributed by atoms with van der Waals surface area (Å²) >= 11 is 19.5. The summed E-state index contributed by atoms with van der Waals surface area (Å²) < 4.78 is 34.7. The Morgan fingerprint density at radius 1 is 0.875 bits per heavy atom. The Balaban J connectivity index is 1.59. The fraction of sp³-hybridized carbons (Fsp3) is 0.278. The minimum absolute atomic E-state index is 0.0185. The summed E-state index contributed by atoms with van der Waals surface area (Å²) in [5.74, 6) is -0.501. The zero-order chi connectivity index (χ0) is 34.3. The average molecular weight is 729 g/mol. The quantitative estimate of drug-likeness (QED) is 0.154. The number of amides is 2. The molecule has 0 aromatic heterocycles. The Kier molecular flexibility index (Phi) is 11.9. The van der Waals surface area contributed by atoms with E-state index in [1.165, 1.54) is 42.3 Å². The molecule has 0 radical (unpaired) electrons. The number of carbonyl (C=O) groups is 2. The van der Waals surface area contributed by atoms with E-state index in [0.29, 0.717) is 21.4 Å².